The van der Waals surface area contributed by atoms with Gasteiger partial charge in [-0.2, -0.15) is 0 Å². The summed E-state index contributed by atoms with van der Waals surface area (Å²) in [6.45, 7) is 5.86. The molecule has 3 aromatic carbocycles. The summed E-state index contributed by atoms with van der Waals surface area (Å²) in [7, 11) is 0. The molecule has 0 N–H and O–H groups in total. The van der Waals surface area contributed by atoms with Crippen molar-refractivity contribution in [2.75, 3.05) is 31.2 Å². The van der Waals surface area contributed by atoms with Crippen LogP contribution in [0.5, 0.6) is 0 Å². The molecule has 0 unspecified atom stereocenters. The largest absolute Gasteiger partial charge is 0.379 e. The number of aryl methyl sites for hydroxylation is 2. The van der Waals surface area contributed by atoms with Crippen LogP contribution in [0.1, 0.15) is 33.1 Å². The first kappa shape index (κ1) is 25.7. The number of amides is 2. The van der Waals surface area contributed by atoms with Crippen LogP contribution in [0.4, 0.5) is 5.69 Å². The highest BCUT2D eigenvalue weighted by Crippen LogP contribution is 2.34. The first-order valence-corrected chi connectivity index (χ1v) is 12.4. The smallest absolute Gasteiger partial charge is 0.266 e. The normalized spacial score (nSPS) is 15.0. The number of imide groups is 1. The highest BCUT2D eigenvalue weighted by molar-refractivity contribution is 6.38. The van der Waals surface area contributed by atoms with Gasteiger partial charge in [0.2, 0.25) is 0 Å². The number of ether oxygens (including phenoxy) is 1. The van der Waals surface area contributed by atoms with Gasteiger partial charge in [-0.05, 0) is 60.9 Å². The number of anilines is 1. The molecule has 0 aliphatic carbocycles. The van der Waals surface area contributed by atoms with Crippen LogP contribution >= 0.6 is 34.8 Å². The highest BCUT2D eigenvalue weighted by Gasteiger charge is 2.38. The van der Waals surface area contributed by atoms with Crippen LogP contribution < -0.4 is 4.90 Å². The molecule has 1 heterocycles. The van der Waals surface area contributed by atoms with Crippen LogP contribution in [0.2, 0.25) is 15.1 Å². The third-order valence-corrected chi connectivity index (χ3v) is 6.88. The molecule has 4 rings (SSSR count). The van der Waals surface area contributed by atoms with Gasteiger partial charge in [0.05, 0.1) is 29.5 Å². The SMILES string of the molecule is Cc1cccc(C)c1N(C(=O)c1ccc(Cl)cc1Cl)C(=O)[C@H](c1ccc(Cl)cc1)N1CCOCC1. The summed E-state index contributed by atoms with van der Waals surface area (Å²) in [6.07, 6.45) is 0. The third-order valence-electron chi connectivity index (χ3n) is 6.08. The number of rotatable bonds is 5. The average molecular weight is 532 g/mol. The lowest BCUT2D eigenvalue weighted by molar-refractivity contribution is -0.125. The molecule has 1 fully saturated rings. The van der Waals surface area contributed by atoms with Crippen LogP contribution in [0, 0.1) is 13.8 Å². The maximum Gasteiger partial charge on any atom is 0.266 e. The second-order valence-electron chi connectivity index (χ2n) is 8.45. The third kappa shape index (κ3) is 5.55. The first-order valence-electron chi connectivity index (χ1n) is 11.2. The van der Waals surface area contributed by atoms with Crippen LogP contribution in [0.3, 0.4) is 0 Å². The summed E-state index contributed by atoms with van der Waals surface area (Å²) < 4.78 is 5.53. The molecule has 182 valence electrons. The minimum Gasteiger partial charge on any atom is -0.379 e. The van der Waals surface area contributed by atoms with E-state index in [1.54, 1.807) is 24.3 Å². The topological polar surface area (TPSA) is 49.9 Å². The Kier molecular flexibility index (Phi) is 8.15. The van der Waals surface area contributed by atoms with Crippen molar-refractivity contribution in [1.82, 2.24) is 4.90 Å². The predicted octanol–water partition coefficient (Wildman–Crippen LogP) is 6.51. The van der Waals surface area contributed by atoms with Crippen LogP contribution in [-0.2, 0) is 9.53 Å². The van der Waals surface area contributed by atoms with E-state index in [0.29, 0.717) is 42.0 Å². The molecule has 0 aromatic heterocycles. The summed E-state index contributed by atoms with van der Waals surface area (Å²) >= 11 is 18.6. The molecule has 2 amide bonds. The van der Waals surface area contributed by atoms with Crippen molar-refractivity contribution in [3.8, 4) is 0 Å². The molecule has 0 spiro atoms. The van der Waals surface area contributed by atoms with Gasteiger partial charge in [-0.15, -0.1) is 0 Å². The molecule has 8 heteroatoms. The second-order valence-corrected chi connectivity index (χ2v) is 9.73. The fraction of sp³-hybridized carbons (Fsp3) is 0.259. The van der Waals surface area contributed by atoms with Gasteiger partial charge in [0.1, 0.15) is 6.04 Å². The van der Waals surface area contributed by atoms with Crippen molar-refractivity contribution < 1.29 is 14.3 Å². The van der Waals surface area contributed by atoms with Gasteiger partial charge in [0.25, 0.3) is 11.8 Å². The minimum atomic E-state index is -0.717. The molecule has 3 aromatic rings. The van der Waals surface area contributed by atoms with Crippen LogP contribution in [-0.4, -0.2) is 43.0 Å². The molecule has 35 heavy (non-hydrogen) atoms. The van der Waals surface area contributed by atoms with Gasteiger partial charge in [0, 0.05) is 23.1 Å². The zero-order valence-electron chi connectivity index (χ0n) is 19.4. The fourth-order valence-corrected chi connectivity index (χ4v) is 4.98. The quantitative estimate of drug-likeness (QED) is 0.377. The van der Waals surface area contributed by atoms with Gasteiger partial charge < -0.3 is 4.74 Å². The minimum absolute atomic E-state index is 0.181. The van der Waals surface area contributed by atoms with E-state index in [1.807, 2.05) is 49.1 Å². The number of hydrogen-bond donors (Lipinski definition) is 0. The summed E-state index contributed by atoms with van der Waals surface area (Å²) in [5, 5.41) is 1.15. The molecule has 1 atom stereocenters. The lowest BCUT2D eigenvalue weighted by Gasteiger charge is -2.37. The number of carbonyl (C=O) groups is 2. The molecule has 0 saturated carbocycles. The van der Waals surface area contributed by atoms with Crippen molar-refractivity contribution >= 4 is 52.3 Å². The summed E-state index contributed by atoms with van der Waals surface area (Å²) in [6, 6.07) is 16.7. The Balaban J connectivity index is 1.88. The average Bonchev–Trinajstić information content (AvgIpc) is 2.83. The van der Waals surface area contributed by atoms with E-state index < -0.39 is 11.9 Å². The standard InChI is InChI=1S/C27H25Cl3N2O3/c1-17-4-3-5-18(2)24(17)32(26(33)22-11-10-21(29)16-23(22)30)27(34)25(31-12-14-35-15-13-31)19-6-8-20(28)9-7-19/h3-11,16,25H,12-15H2,1-2H3/t25-/m0/s1. The molecule has 1 aliphatic rings. The zero-order chi connectivity index (χ0) is 25.1. The Morgan fingerprint density at radius 1 is 0.886 bits per heavy atom. The maximum atomic E-state index is 14.4. The monoisotopic (exact) mass is 530 g/mol. The number of morpholine rings is 1. The van der Waals surface area contributed by atoms with Gasteiger partial charge >= 0.3 is 0 Å². The Morgan fingerprint density at radius 2 is 1.49 bits per heavy atom. The van der Waals surface area contributed by atoms with Gasteiger partial charge in [-0.1, -0.05) is 65.1 Å². The van der Waals surface area contributed by atoms with Crippen molar-refractivity contribution in [3.05, 3.63) is 98.0 Å². The van der Waals surface area contributed by atoms with E-state index in [9.17, 15) is 9.59 Å². The molecular formula is C27H25Cl3N2O3. The summed E-state index contributed by atoms with van der Waals surface area (Å²) in [5.74, 6) is -0.885. The van der Waals surface area contributed by atoms with Crippen molar-refractivity contribution in [2.45, 2.75) is 19.9 Å². The number of para-hydroxylation sites is 1. The van der Waals surface area contributed by atoms with Gasteiger partial charge in [-0.25, -0.2) is 4.90 Å². The van der Waals surface area contributed by atoms with E-state index in [2.05, 4.69) is 0 Å². The summed E-state index contributed by atoms with van der Waals surface area (Å²) in [4.78, 5) is 31.7. The molecule has 0 radical (unpaired) electrons. The van der Waals surface area contributed by atoms with Crippen molar-refractivity contribution in [3.63, 3.8) is 0 Å². The van der Waals surface area contributed by atoms with Gasteiger partial charge in [-0.3, -0.25) is 14.5 Å². The maximum absolute atomic E-state index is 14.4. The van der Waals surface area contributed by atoms with Crippen LogP contribution in [0.25, 0.3) is 0 Å². The number of carbonyl (C=O) groups excluding carboxylic acids is 2. The Labute approximate surface area is 220 Å². The second kappa shape index (κ2) is 11.1. The molecule has 1 saturated heterocycles. The predicted molar refractivity (Wildman–Crippen MR) is 141 cm³/mol. The molecule has 1 aliphatic heterocycles. The van der Waals surface area contributed by atoms with Crippen LogP contribution in [0.15, 0.2) is 60.7 Å². The number of hydrogen-bond acceptors (Lipinski definition) is 4. The number of halogens is 3. The van der Waals surface area contributed by atoms with E-state index in [0.717, 1.165) is 16.7 Å². The first-order chi connectivity index (χ1) is 16.8. The highest BCUT2D eigenvalue weighted by atomic mass is 35.5. The van der Waals surface area contributed by atoms with E-state index in [4.69, 9.17) is 39.5 Å². The molecule has 0 bridgehead atoms. The van der Waals surface area contributed by atoms with Gasteiger partial charge in [0.15, 0.2) is 0 Å². The Hall–Kier alpha value is -2.41. The molecular weight excluding hydrogens is 507 g/mol. The fourth-order valence-electron chi connectivity index (χ4n) is 4.37. The van der Waals surface area contributed by atoms with E-state index in [1.165, 1.54) is 11.0 Å². The lowest BCUT2D eigenvalue weighted by atomic mass is 10.00. The van der Waals surface area contributed by atoms with E-state index >= 15 is 0 Å². The Morgan fingerprint density at radius 3 is 2.09 bits per heavy atom. The summed E-state index contributed by atoms with van der Waals surface area (Å²) in [5.41, 5.74) is 3.08. The Bertz CT molecular complexity index is 1220. The number of nitrogens with zero attached hydrogens (tertiary/aromatic N) is 2. The molecule has 5 nitrogen and oxygen atoms in total. The number of benzene rings is 3. The lowest BCUT2D eigenvalue weighted by Crippen LogP contribution is -2.49. The van der Waals surface area contributed by atoms with Crippen molar-refractivity contribution in [2.24, 2.45) is 0 Å². The van der Waals surface area contributed by atoms with Crippen molar-refractivity contribution in [1.29, 1.82) is 0 Å². The van der Waals surface area contributed by atoms with E-state index in [-0.39, 0.29) is 16.5 Å². The zero-order valence-corrected chi connectivity index (χ0v) is 21.7.